The van der Waals surface area contributed by atoms with Gasteiger partial charge in [0.2, 0.25) is 0 Å². The Morgan fingerprint density at radius 1 is 0.875 bits per heavy atom. The molecule has 1 atom stereocenters. The van der Waals surface area contributed by atoms with Crippen LogP contribution >= 0.6 is 0 Å². The minimum atomic E-state index is -1.16. The quantitative estimate of drug-likeness (QED) is 0.430. The minimum absolute atomic E-state index is 0.0530. The van der Waals surface area contributed by atoms with Gasteiger partial charge in [0.25, 0.3) is 0 Å². The summed E-state index contributed by atoms with van der Waals surface area (Å²) in [6.45, 7) is 0.0530. The van der Waals surface area contributed by atoms with Crippen LogP contribution in [0.3, 0.4) is 0 Å². The van der Waals surface area contributed by atoms with Crippen LogP contribution in [0.4, 0.5) is 15.3 Å². The maximum Gasteiger partial charge on any atom is 0.408 e. The molecule has 0 aliphatic rings. The van der Waals surface area contributed by atoms with E-state index < -0.39 is 24.1 Å². The monoisotopic (exact) mass is 433 g/mol. The molecule has 0 heterocycles. The standard InChI is InChI=1S/C24H23N3O5/c25-23(30)26-20-8-4-7-19(14-20)18-11-9-16(10-12-18)13-21(22(28)29)27-24(31)32-15-17-5-2-1-3-6-17/h1-12,14,21H,13,15H2,(H,27,31)(H,28,29)(H3,25,26,30). The van der Waals surface area contributed by atoms with Gasteiger partial charge in [0, 0.05) is 12.1 Å². The number of nitrogens with one attached hydrogen (secondary N) is 2. The normalized spacial score (nSPS) is 11.2. The Bertz CT molecular complexity index is 1080. The second-order valence-corrected chi connectivity index (χ2v) is 7.07. The molecule has 0 saturated carbocycles. The second kappa shape index (κ2) is 10.6. The summed E-state index contributed by atoms with van der Waals surface area (Å²) >= 11 is 0. The zero-order chi connectivity index (χ0) is 22.9. The van der Waals surface area contributed by atoms with Crippen molar-refractivity contribution in [2.45, 2.75) is 19.1 Å². The summed E-state index contributed by atoms with van der Waals surface area (Å²) in [6, 6.07) is 21.8. The van der Waals surface area contributed by atoms with E-state index in [0.717, 1.165) is 22.3 Å². The van der Waals surface area contributed by atoms with E-state index in [9.17, 15) is 19.5 Å². The molecular weight excluding hydrogens is 410 g/mol. The summed E-state index contributed by atoms with van der Waals surface area (Å²) in [5.74, 6) is -1.16. The molecular formula is C24H23N3O5. The third-order valence-corrected chi connectivity index (χ3v) is 4.66. The van der Waals surface area contributed by atoms with Crippen LogP contribution in [0, 0.1) is 0 Å². The van der Waals surface area contributed by atoms with Crippen LogP contribution in [-0.4, -0.2) is 29.2 Å². The first-order valence-electron chi connectivity index (χ1n) is 9.86. The van der Waals surface area contributed by atoms with Crippen molar-refractivity contribution in [2.24, 2.45) is 5.73 Å². The van der Waals surface area contributed by atoms with E-state index in [4.69, 9.17) is 10.5 Å². The highest BCUT2D eigenvalue weighted by atomic mass is 16.5. The lowest BCUT2D eigenvalue weighted by Gasteiger charge is -2.15. The van der Waals surface area contributed by atoms with Crippen LogP contribution in [0.25, 0.3) is 11.1 Å². The first kappa shape index (κ1) is 22.4. The fraction of sp³-hybridized carbons (Fsp3) is 0.125. The van der Waals surface area contributed by atoms with Gasteiger partial charge in [0.05, 0.1) is 0 Å². The Morgan fingerprint density at radius 3 is 2.25 bits per heavy atom. The number of primary amides is 1. The Morgan fingerprint density at radius 2 is 1.59 bits per heavy atom. The van der Waals surface area contributed by atoms with Gasteiger partial charge in [0.15, 0.2) is 0 Å². The number of rotatable bonds is 8. The number of ether oxygens (including phenoxy) is 1. The highest BCUT2D eigenvalue weighted by Gasteiger charge is 2.21. The smallest absolute Gasteiger partial charge is 0.408 e. The number of carbonyl (C=O) groups excluding carboxylic acids is 2. The van der Waals surface area contributed by atoms with Crippen molar-refractivity contribution < 1.29 is 24.2 Å². The molecule has 8 heteroatoms. The number of amides is 3. The molecule has 8 nitrogen and oxygen atoms in total. The molecule has 0 bridgehead atoms. The van der Waals surface area contributed by atoms with Gasteiger partial charge in [-0.25, -0.2) is 14.4 Å². The molecule has 0 aliphatic carbocycles. The van der Waals surface area contributed by atoms with Crippen LogP contribution in [0.5, 0.6) is 0 Å². The molecule has 32 heavy (non-hydrogen) atoms. The average molecular weight is 433 g/mol. The highest BCUT2D eigenvalue weighted by Crippen LogP contribution is 2.23. The summed E-state index contributed by atoms with van der Waals surface area (Å²) < 4.78 is 5.11. The van der Waals surface area contributed by atoms with Gasteiger partial charge in [0.1, 0.15) is 12.6 Å². The molecule has 3 aromatic carbocycles. The number of carbonyl (C=O) groups is 3. The molecule has 3 amide bonds. The van der Waals surface area contributed by atoms with Crippen molar-refractivity contribution >= 4 is 23.8 Å². The average Bonchev–Trinajstić information content (AvgIpc) is 2.78. The van der Waals surface area contributed by atoms with Gasteiger partial charge in [-0.3, -0.25) is 0 Å². The van der Waals surface area contributed by atoms with Crippen molar-refractivity contribution in [3.8, 4) is 11.1 Å². The van der Waals surface area contributed by atoms with Crippen LogP contribution in [0.1, 0.15) is 11.1 Å². The maximum atomic E-state index is 12.0. The lowest BCUT2D eigenvalue weighted by atomic mass is 10.0. The van der Waals surface area contributed by atoms with Crippen LogP contribution < -0.4 is 16.4 Å². The Labute approximate surface area is 185 Å². The van der Waals surface area contributed by atoms with Gasteiger partial charge in [-0.2, -0.15) is 0 Å². The number of nitrogens with two attached hydrogens (primary N) is 1. The third kappa shape index (κ3) is 6.60. The minimum Gasteiger partial charge on any atom is -0.480 e. The predicted molar refractivity (Wildman–Crippen MR) is 120 cm³/mol. The van der Waals surface area contributed by atoms with E-state index in [1.807, 2.05) is 48.5 Å². The lowest BCUT2D eigenvalue weighted by Crippen LogP contribution is -2.42. The number of hydrogen-bond acceptors (Lipinski definition) is 4. The van der Waals surface area contributed by atoms with Gasteiger partial charge in [-0.1, -0.05) is 66.7 Å². The zero-order valence-corrected chi connectivity index (χ0v) is 17.2. The van der Waals surface area contributed by atoms with Crippen LogP contribution in [-0.2, 0) is 22.6 Å². The van der Waals surface area contributed by atoms with Crippen LogP contribution in [0.2, 0.25) is 0 Å². The molecule has 164 valence electrons. The summed E-state index contributed by atoms with van der Waals surface area (Å²) in [5.41, 5.74) is 9.00. The van der Waals surface area contributed by atoms with Crippen molar-refractivity contribution in [1.82, 2.24) is 5.32 Å². The Hall–Kier alpha value is -4.33. The first-order valence-corrected chi connectivity index (χ1v) is 9.86. The fourth-order valence-corrected chi connectivity index (χ4v) is 3.09. The Balaban J connectivity index is 1.61. The molecule has 1 unspecified atom stereocenters. The lowest BCUT2D eigenvalue weighted by molar-refractivity contribution is -0.139. The number of anilines is 1. The number of urea groups is 1. The van der Waals surface area contributed by atoms with E-state index >= 15 is 0 Å². The fourth-order valence-electron chi connectivity index (χ4n) is 3.09. The number of carboxylic acids is 1. The maximum absolute atomic E-state index is 12.0. The Kier molecular flexibility index (Phi) is 7.42. The van der Waals surface area contributed by atoms with Gasteiger partial charge in [-0.05, 0) is 34.4 Å². The number of hydrogen-bond donors (Lipinski definition) is 4. The molecule has 0 saturated heterocycles. The van der Waals surface area contributed by atoms with E-state index in [-0.39, 0.29) is 13.0 Å². The molecule has 0 aromatic heterocycles. The van der Waals surface area contributed by atoms with Crippen molar-refractivity contribution in [2.75, 3.05) is 5.32 Å². The number of carboxylic acid groups (broad SMARTS) is 1. The number of alkyl carbamates (subject to hydrolysis) is 1. The summed E-state index contributed by atoms with van der Waals surface area (Å²) in [4.78, 5) is 34.7. The topological polar surface area (TPSA) is 131 Å². The van der Waals surface area contributed by atoms with Gasteiger partial charge < -0.3 is 26.2 Å². The molecule has 0 aliphatic heterocycles. The largest absolute Gasteiger partial charge is 0.480 e. The number of benzene rings is 3. The molecule has 3 aromatic rings. The van der Waals surface area contributed by atoms with Crippen molar-refractivity contribution in [3.63, 3.8) is 0 Å². The van der Waals surface area contributed by atoms with E-state index in [1.54, 1.807) is 30.3 Å². The molecule has 0 fully saturated rings. The van der Waals surface area contributed by atoms with E-state index in [0.29, 0.717) is 5.69 Å². The number of aliphatic carboxylic acids is 1. The van der Waals surface area contributed by atoms with Crippen molar-refractivity contribution in [1.29, 1.82) is 0 Å². The third-order valence-electron chi connectivity index (χ3n) is 4.66. The second-order valence-electron chi connectivity index (χ2n) is 7.07. The molecule has 0 radical (unpaired) electrons. The molecule has 0 spiro atoms. The van der Waals surface area contributed by atoms with E-state index in [2.05, 4.69) is 10.6 Å². The van der Waals surface area contributed by atoms with Crippen LogP contribution in [0.15, 0.2) is 78.9 Å². The summed E-state index contributed by atoms with van der Waals surface area (Å²) in [7, 11) is 0. The predicted octanol–water partition coefficient (Wildman–Crippen LogP) is 3.77. The highest BCUT2D eigenvalue weighted by molar-refractivity contribution is 5.88. The van der Waals surface area contributed by atoms with Crippen molar-refractivity contribution in [3.05, 3.63) is 90.0 Å². The molecule has 3 rings (SSSR count). The SMILES string of the molecule is NC(=O)Nc1cccc(-c2ccc(CC(NC(=O)OCc3ccccc3)C(=O)O)cc2)c1. The van der Waals surface area contributed by atoms with Gasteiger partial charge >= 0.3 is 18.1 Å². The zero-order valence-electron chi connectivity index (χ0n) is 17.2. The van der Waals surface area contributed by atoms with E-state index in [1.165, 1.54) is 0 Å². The summed E-state index contributed by atoms with van der Waals surface area (Å²) in [5, 5.41) is 14.4. The summed E-state index contributed by atoms with van der Waals surface area (Å²) in [6.07, 6.45) is -0.698. The first-order chi connectivity index (χ1) is 15.4. The molecule has 5 N–H and O–H groups in total. The van der Waals surface area contributed by atoms with Gasteiger partial charge in [-0.15, -0.1) is 0 Å².